The predicted octanol–water partition coefficient (Wildman–Crippen LogP) is 4.35. The average molecular weight is 439 g/mol. The summed E-state index contributed by atoms with van der Waals surface area (Å²) in [5.41, 5.74) is 2.11. The highest BCUT2D eigenvalue weighted by Crippen LogP contribution is 2.38. The molecule has 0 radical (unpaired) electrons. The Morgan fingerprint density at radius 1 is 0.719 bits per heavy atom. The molecule has 1 atom stereocenters. The first kappa shape index (κ1) is 25.4. The first-order valence-corrected chi connectivity index (χ1v) is 10.1. The van der Waals surface area contributed by atoms with Gasteiger partial charge in [-0.2, -0.15) is 0 Å². The Hall–Kier alpha value is -2.87. The van der Waals surface area contributed by atoms with Crippen molar-refractivity contribution in [2.45, 2.75) is 18.2 Å². The van der Waals surface area contributed by atoms with E-state index in [2.05, 4.69) is 0 Å². The van der Waals surface area contributed by atoms with Crippen LogP contribution in [0.25, 0.3) is 0 Å². The zero-order chi connectivity index (χ0) is 23.4. The van der Waals surface area contributed by atoms with Crippen LogP contribution < -0.4 is 0 Å². The summed E-state index contributed by atoms with van der Waals surface area (Å²) < 4.78 is 20.7. The van der Waals surface area contributed by atoms with Crippen LogP contribution in [-0.4, -0.2) is 45.6 Å². The van der Waals surface area contributed by atoms with Crippen LogP contribution in [-0.2, 0) is 24.7 Å². The number of ketones is 1. The zero-order valence-corrected chi connectivity index (χ0v) is 18.8. The smallest absolute Gasteiger partial charge is 0.225 e. The minimum absolute atomic E-state index is 0.161. The van der Waals surface area contributed by atoms with Gasteiger partial charge in [-0.15, -0.1) is 0 Å². The maximum atomic E-state index is 11.6. The van der Waals surface area contributed by atoms with Crippen molar-refractivity contribution in [2.75, 3.05) is 28.4 Å². The second kappa shape index (κ2) is 12.9. The van der Waals surface area contributed by atoms with Crippen LogP contribution in [0.5, 0.6) is 0 Å². The van der Waals surface area contributed by atoms with Crippen LogP contribution in [0.1, 0.15) is 27.6 Å². The highest BCUT2D eigenvalue weighted by atomic mass is 16.7. The van der Waals surface area contributed by atoms with Crippen molar-refractivity contribution < 1.29 is 28.8 Å². The third-order valence-corrected chi connectivity index (χ3v) is 4.96. The molecule has 0 amide bonds. The number of aliphatic hydroxyl groups excluding tert-OH is 1. The van der Waals surface area contributed by atoms with Crippen molar-refractivity contribution in [2.24, 2.45) is 0 Å². The fourth-order valence-electron chi connectivity index (χ4n) is 3.27. The molecule has 3 rings (SSSR count). The van der Waals surface area contributed by atoms with Gasteiger partial charge in [0.1, 0.15) is 6.10 Å². The summed E-state index contributed by atoms with van der Waals surface area (Å²) in [7, 11) is 5.94. The molecule has 6 heteroatoms. The molecule has 3 aromatic carbocycles. The summed E-state index contributed by atoms with van der Waals surface area (Å²) in [6.45, 7) is 0. The van der Waals surface area contributed by atoms with Gasteiger partial charge in [0.15, 0.2) is 0 Å². The molecule has 3 aromatic rings. The zero-order valence-electron chi connectivity index (χ0n) is 18.8. The fraction of sp³-hybridized carbons (Fsp3) is 0.269. The van der Waals surface area contributed by atoms with Crippen LogP contribution in [0.4, 0.5) is 0 Å². The summed E-state index contributed by atoms with van der Waals surface area (Å²) in [5.74, 6) is -1.37. The lowest BCUT2D eigenvalue weighted by Gasteiger charge is -2.35. The molecule has 0 saturated carbocycles. The van der Waals surface area contributed by atoms with Crippen molar-refractivity contribution in [3.63, 3.8) is 0 Å². The van der Waals surface area contributed by atoms with E-state index in [0.29, 0.717) is 5.56 Å². The van der Waals surface area contributed by atoms with Gasteiger partial charge < -0.3 is 24.1 Å². The van der Waals surface area contributed by atoms with Crippen LogP contribution in [0, 0.1) is 0 Å². The summed E-state index contributed by atoms with van der Waals surface area (Å²) in [5, 5.41) is 10.6. The lowest BCUT2D eigenvalue weighted by atomic mass is 9.94. The number of hydrogen-bond donors (Lipinski definition) is 1. The molecule has 1 N–H and O–H groups in total. The average Bonchev–Trinajstić information content (AvgIpc) is 2.88. The van der Waals surface area contributed by atoms with E-state index in [9.17, 15) is 9.90 Å². The van der Waals surface area contributed by atoms with Gasteiger partial charge in [0.05, 0.1) is 0 Å². The van der Waals surface area contributed by atoms with Crippen LogP contribution in [0.3, 0.4) is 0 Å². The maximum absolute atomic E-state index is 11.6. The number of benzene rings is 3. The van der Waals surface area contributed by atoms with Gasteiger partial charge in [0.25, 0.3) is 0 Å². The molecule has 0 aliphatic heterocycles. The minimum Gasteiger partial charge on any atom is -0.382 e. The van der Waals surface area contributed by atoms with E-state index in [0.717, 1.165) is 11.1 Å². The lowest BCUT2D eigenvalue weighted by Crippen LogP contribution is -2.37. The second-order valence-electron chi connectivity index (χ2n) is 6.79. The molecule has 0 bridgehead atoms. The highest BCUT2D eigenvalue weighted by molar-refractivity contribution is 5.98. The lowest BCUT2D eigenvalue weighted by molar-refractivity contribution is -0.272. The predicted molar refractivity (Wildman–Crippen MR) is 122 cm³/mol. The van der Waals surface area contributed by atoms with Gasteiger partial charge in [0, 0.05) is 39.6 Å². The van der Waals surface area contributed by atoms with E-state index in [1.807, 2.05) is 66.7 Å². The molecule has 0 fully saturated rings. The largest absolute Gasteiger partial charge is 0.382 e. The van der Waals surface area contributed by atoms with E-state index in [4.69, 9.17) is 18.9 Å². The van der Waals surface area contributed by atoms with Crippen molar-refractivity contribution in [3.8, 4) is 0 Å². The molecular formula is C26H30O6. The topological polar surface area (TPSA) is 74.2 Å². The first-order valence-electron chi connectivity index (χ1n) is 10.1. The first-order chi connectivity index (χ1) is 15.5. The highest BCUT2D eigenvalue weighted by Gasteiger charge is 2.41. The normalized spacial score (nSPS) is 12.1. The number of hydrogen-bond acceptors (Lipinski definition) is 6. The van der Waals surface area contributed by atoms with Gasteiger partial charge in [0.2, 0.25) is 17.9 Å². The quantitative estimate of drug-likeness (QED) is 0.395. The third-order valence-electron chi connectivity index (χ3n) is 4.96. The Morgan fingerprint density at radius 2 is 1.16 bits per heavy atom. The monoisotopic (exact) mass is 438 g/mol. The molecule has 0 spiro atoms. The van der Waals surface area contributed by atoms with Gasteiger partial charge in [-0.1, -0.05) is 91.0 Å². The number of rotatable bonds is 9. The number of ether oxygens (including phenoxy) is 4. The Kier molecular flexibility index (Phi) is 10.2. The molecule has 1 unspecified atom stereocenters. The molecule has 32 heavy (non-hydrogen) atoms. The minimum atomic E-state index is -1.21. The van der Waals surface area contributed by atoms with Crippen molar-refractivity contribution in [1.82, 2.24) is 0 Å². The number of carbonyl (C=O) groups is 1. The van der Waals surface area contributed by atoms with Crippen molar-refractivity contribution >= 4 is 5.78 Å². The molecule has 0 heterocycles. The van der Waals surface area contributed by atoms with E-state index < -0.39 is 18.2 Å². The van der Waals surface area contributed by atoms with Gasteiger partial charge in [-0.25, -0.2) is 0 Å². The molecule has 0 aromatic heterocycles. The number of aliphatic hydroxyl groups is 1. The Morgan fingerprint density at radius 3 is 1.59 bits per heavy atom. The Balaban J connectivity index is 0.000000244. The van der Waals surface area contributed by atoms with E-state index in [1.54, 1.807) is 24.3 Å². The van der Waals surface area contributed by atoms with E-state index in [-0.39, 0.29) is 5.78 Å². The fourth-order valence-corrected chi connectivity index (χ4v) is 3.27. The van der Waals surface area contributed by atoms with Crippen LogP contribution >= 0.6 is 0 Å². The number of methoxy groups -OCH3 is 4. The molecule has 0 aliphatic carbocycles. The van der Waals surface area contributed by atoms with Crippen molar-refractivity contribution in [3.05, 3.63) is 108 Å². The Labute approximate surface area is 189 Å². The van der Waals surface area contributed by atoms with Gasteiger partial charge >= 0.3 is 0 Å². The molecule has 6 nitrogen and oxygen atoms in total. The maximum Gasteiger partial charge on any atom is 0.225 e. The summed E-state index contributed by atoms with van der Waals surface area (Å²) >= 11 is 0. The standard InChI is InChI=1S/C16H18O3.C10H12O3/c1-18-16(19-2,14-11-7-4-8-12-14)15(17)13-9-5-3-6-10-13;1-12-10(13-2)9(11)8-6-4-3-5-7-8/h3-12,15,17H,1-2H3;3-7,10H,1-2H3. The summed E-state index contributed by atoms with van der Waals surface area (Å²) in [6.07, 6.45) is -1.71. The van der Waals surface area contributed by atoms with E-state index in [1.165, 1.54) is 28.4 Å². The number of carbonyl (C=O) groups excluding carboxylic acids is 1. The Bertz CT molecular complexity index is 907. The molecule has 0 saturated heterocycles. The summed E-state index contributed by atoms with van der Waals surface area (Å²) in [4.78, 5) is 11.6. The molecule has 0 aliphatic rings. The second-order valence-corrected chi connectivity index (χ2v) is 6.79. The third kappa shape index (κ3) is 6.09. The van der Waals surface area contributed by atoms with Crippen molar-refractivity contribution in [1.29, 1.82) is 0 Å². The molecular weight excluding hydrogens is 408 g/mol. The van der Waals surface area contributed by atoms with E-state index >= 15 is 0 Å². The SMILES string of the molecule is COC(OC)(c1ccccc1)C(O)c1ccccc1.COC(OC)C(=O)c1ccccc1. The van der Waals surface area contributed by atoms with Gasteiger partial charge in [-0.05, 0) is 5.56 Å². The summed E-state index contributed by atoms with van der Waals surface area (Å²) in [6, 6.07) is 27.7. The molecule has 170 valence electrons. The van der Waals surface area contributed by atoms with Crippen LogP contribution in [0.15, 0.2) is 91.0 Å². The van der Waals surface area contributed by atoms with Crippen LogP contribution in [0.2, 0.25) is 0 Å². The number of Topliss-reactive ketones (excluding diaryl/α,β-unsaturated/α-hetero) is 1. The van der Waals surface area contributed by atoms with Gasteiger partial charge in [-0.3, -0.25) is 4.79 Å².